The van der Waals surface area contributed by atoms with Crippen LogP contribution in [0.1, 0.15) is 47.0 Å². The van der Waals surface area contributed by atoms with Gasteiger partial charge < -0.3 is 9.47 Å². The Morgan fingerprint density at radius 1 is 1.12 bits per heavy atom. The molecule has 1 atom stereocenters. The molecule has 16 heavy (non-hydrogen) atoms. The van der Waals surface area contributed by atoms with Crippen LogP contribution >= 0.6 is 0 Å². The fraction of sp³-hybridized carbons (Fsp3) is 0.923. The van der Waals surface area contributed by atoms with Crippen LogP contribution in [0.15, 0.2) is 0 Å². The number of hydrogen-bond donors (Lipinski definition) is 0. The highest BCUT2D eigenvalue weighted by Gasteiger charge is 2.19. The van der Waals surface area contributed by atoms with Crippen LogP contribution in [0, 0.1) is 11.8 Å². The highest BCUT2D eigenvalue weighted by Crippen LogP contribution is 2.14. The number of esters is 1. The van der Waals surface area contributed by atoms with E-state index < -0.39 is 0 Å². The molecule has 3 heteroatoms. The van der Waals surface area contributed by atoms with Crippen molar-refractivity contribution in [3.8, 4) is 0 Å². The largest absolute Gasteiger partial charge is 0.466 e. The van der Waals surface area contributed by atoms with Gasteiger partial charge in [0.15, 0.2) is 0 Å². The van der Waals surface area contributed by atoms with Gasteiger partial charge >= 0.3 is 5.97 Å². The molecule has 96 valence electrons. The zero-order valence-corrected chi connectivity index (χ0v) is 11.1. The quantitative estimate of drug-likeness (QED) is 0.571. The van der Waals surface area contributed by atoms with Gasteiger partial charge in [0.25, 0.3) is 0 Å². The molecule has 0 saturated heterocycles. The molecular weight excluding hydrogens is 204 g/mol. The molecule has 0 heterocycles. The van der Waals surface area contributed by atoms with Crippen LogP contribution in [0.2, 0.25) is 0 Å². The van der Waals surface area contributed by atoms with E-state index in [9.17, 15) is 4.79 Å². The van der Waals surface area contributed by atoms with Crippen molar-refractivity contribution in [2.75, 3.05) is 19.8 Å². The molecule has 3 nitrogen and oxygen atoms in total. The molecule has 0 bridgehead atoms. The molecule has 0 radical (unpaired) electrons. The van der Waals surface area contributed by atoms with Gasteiger partial charge in [-0.3, -0.25) is 4.79 Å². The van der Waals surface area contributed by atoms with E-state index in [1.54, 1.807) is 0 Å². The average Bonchev–Trinajstić information content (AvgIpc) is 2.22. The molecule has 0 aliphatic rings. The van der Waals surface area contributed by atoms with Gasteiger partial charge in [0, 0.05) is 6.61 Å². The molecule has 0 fully saturated rings. The van der Waals surface area contributed by atoms with Gasteiger partial charge in [-0.15, -0.1) is 0 Å². The maximum Gasteiger partial charge on any atom is 0.311 e. The van der Waals surface area contributed by atoms with Gasteiger partial charge in [-0.1, -0.05) is 26.7 Å². The normalized spacial score (nSPS) is 12.8. The van der Waals surface area contributed by atoms with E-state index in [-0.39, 0.29) is 11.9 Å². The Labute approximate surface area is 99.5 Å². The first-order valence-electron chi connectivity index (χ1n) is 6.36. The maximum absolute atomic E-state index is 11.6. The fourth-order valence-corrected chi connectivity index (χ4v) is 1.56. The molecule has 0 aromatic heterocycles. The lowest BCUT2D eigenvalue weighted by molar-refractivity contribution is -0.150. The van der Waals surface area contributed by atoms with Gasteiger partial charge in [0.1, 0.15) is 0 Å². The summed E-state index contributed by atoms with van der Waals surface area (Å²) in [5.41, 5.74) is 0. The molecule has 0 saturated carbocycles. The average molecular weight is 230 g/mol. The van der Waals surface area contributed by atoms with Gasteiger partial charge in [0.2, 0.25) is 0 Å². The molecule has 0 aromatic carbocycles. The van der Waals surface area contributed by atoms with Crippen molar-refractivity contribution in [3.05, 3.63) is 0 Å². The molecule has 0 amide bonds. The predicted molar refractivity (Wildman–Crippen MR) is 65.3 cm³/mol. The number of hydrogen-bond acceptors (Lipinski definition) is 3. The van der Waals surface area contributed by atoms with E-state index in [1.807, 2.05) is 13.8 Å². The monoisotopic (exact) mass is 230 g/mol. The third-order valence-electron chi connectivity index (χ3n) is 2.48. The number of rotatable bonds is 9. The molecule has 0 aromatic rings. The van der Waals surface area contributed by atoms with Crippen LogP contribution in [-0.4, -0.2) is 25.8 Å². The summed E-state index contributed by atoms with van der Waals surface area (Å²) in [6.07, 6.45) is 3.09. The summed E-state index contributed by atoms with van der Waals surface area (Å²) in [4.78, 5) is 11.6. The lowest BCUT2D eigenvalue weighted by atomic mass is 9.99. The Hall–Kier alpha value is -0.570. The van der Waals surface area contributed by atoms with Crippen LogP contribution in [0.4, 0.5) is 0 Å². The van der Waals surface area contributed by atoms with Crippen molar-refractivity contribution in [1.82, 2.24) is 0 Å². The highest BCUT2D eigenvalue weighted by molar-refractivity contribution is 5.72. The van der Waals surface area contributed by atoms with Crippen LogP contribution in [0.3, 0.4) is 0 Å². The van der Waals surface area contributed by atoms with E-state index in [0.29, 0.717) is 25.7 Å². The minimum Gasteiger partial charge on any atom is -0.466 e. The Kier molecular flexibility index (Phi) is 9.30. The van der Waals surface area contributed by atoms with Crippen molar-refractivity contribution in [2.24, 2.45) is 11.8 Å². The van der Waals surface area contributed by atoms with Gasteiger partial charge in [0.05, 0.1) is 19.1 Å². The first-order chi connectivity index (χ1) is 7.61. The number of carbonyl (C=O) groups is 1. The standard InChI is InChI=1S/C13H26O3/c1-5-15-10-12(13(14)16-6-2)9-7-8-11(3)4/h11-12H,5-10H2,1-4H3. The van der Waals surface area contributed by atoms with E-state index in [0.717, 1.165) is 19.3 Å². The summed E-state index contributed by atoms with van der Waals surface area (Å²) >= 11 is 0. The van der Waals surface area contributed by atoms with E-state index >= 15 is 0 Å². The Morgan fingerprint density at radius 2 is 1.81 bits per heavy atom. The predicted octanol–water partition coefficient (Wildman–Crippen LogP) is 3.03. The second kappa shape index (κ2) is 9.64. The zero-order chi connectivity index (χ0) is 12.4. The smallest absolute Gasteiger partial charge is 0.311 e. The highest BCUT2D eigenvalue weighted by atomic mass is 16.5. The van der Waals surface area contributed by atoms with Crippen LogP contribution in [0.25, 0.3) is 0 Å². The fourth-order valence-electron chi connectivity index (χ4n) is 1.56. The van der Waals surface area contributed by atoms with Crippen molar-refractivity contribution >= 4 is 5.97 Å². The van der Waals surface area contributed by atoms with Crippen LogP contribution in [-0.2, 0) is 14.3 Å². The first kappa shape index (κ1) is 15.4. The summed E-state index contributed by atoms with van der Waals surface area (Å²) in [5.74, 6) is 0.494. The summed E-state index contributed by atoms with van der Waals surface area (Å²) in [7, 11) is 0. The Morgan fingerprint density at radius 3 is 2.31 bits per heavy atom. The second-order valence-electron chi connectivity index (χ2n) is 4.43. The molecule has 0 aliphatic heterocycles. The Bertz CT molecular complexity index is 178. The van der Waals surface area contributed by atoms with Crippen molar-refractivity contribution in [2.45, 2.75) is 47.0 Å². The summed E-state index contributed by atoms with van der Waals surface area (Å²) in [5, 5.41) is 0. The lowest BCUT2D eigenvalue weighted by Gasteiger charge is -2.15. The van der Waals surface area contributed by atoms with Gasteiger partial charge in [-0.05, 0) is 26.2 Å². The molecule has 1 unspecified atom stereocenters. The first-order valence-corrected chi connectivity index (χ1v) is 6.36. The van der Waals surface area contributed by atoms with Crippen LogP contribution < -0.4 is 0 Å². The third kappa shape index (κ3) is 7.69. The molecular formula is C13H26O3. The maximum atomic E-state index is 11.6. The summed E-state index contributed by atoms with van der Waals surface area (Å²) < 4.78 is 10.4. The molecule has 0 spiro atoms. The van der Waals surface area contributed by atoms with Crippen molar-refractivity contribution in [3.63, 3.8) is 0 Å². The van der Waals surface area contributed by atoms with Crippen molar-refractivity contribution < 1.29 is 14.3 Å². The number of carbonyl (C=O) groups excluding carboxylic acids is 1. The molecule has 0 aliphatic carbocycles. The minimum atomic E-state index is -0.111. The summed E-state index contributed by atoms with van der Waals surface area (Å²) in [6.45, 7) is 9.77. The van der Waals surface area contributed by atoms with E-state index in [1.165, 1.54) is 0 Å². The third-order valence-corrected chi connectivity index (χ3v) is 2.48. The zero-order valence-electron chi connectivity index (χ0n) is 11.1. The molecule has 0 rings (SSSR count). The topological polar surface area (TPSA) is 35.5 Å². The van der Waals surface area contributed by atoms with Crippen LogP contribution in [0.5, 0.6) is 0 Å². The van der Waals surface area contributed by atoms with Gasteiger partial charge in [-0.25, -0.2) is 0 Å². The van der Waals surface area contributed by atoms with E-state index in [4.69, 9.17) is 9.47 Å². The van der Waals surface area contributed by atoms with Crippen molar-refractivity contribution in [1.29, 1.82) is 0 Å². The molecule has 0 N–H and O–H groups in total. The lowest BCUT2D eigenvalue weighted by Crippen LogP contribution is -2.23. The number of ether oxygens (including phenoxy) is 2. The minimum absolute atomic E-state index is 0.0846. The SMILES string of the molecule is CCOCC(CCCC(C)C)C(=O)OCC. The second-order valence-corrected chi connectivity index (χ2v) is 4.43. The summed E-state index contributed by atoms with van der Waals surface area (Å²) in [6, 6.07) is 0. The van der Waals surface area contributed by atoms with E-state index in [2.05, 4.69) is 13.8 Å². The van der Waals surface area contributed by atoms with Gasteiger partial charge in [-0.2, -0.15) is 0 Å². The Balaban J connectivity index is 3.94.